The Morgan fingerprint density at radius 2 is 1.74 bits per heavy atom. The Morgan fingerprint density at radius 3 is 2.53 bits per heavy atom. The number of hydrogen-bond acceptors (Lipinski definition) is 4. The van der Waals surface area contributed by atoms with Crippen LogP contribution in [0.2, 0.25) is 5.02 Å². The maximum absolute atomic E-state index is 13.2. The lowest BCUT2D eigenvalue weighted by Gasteiger charge is -2.44. The van der Waals surface area contributed by atoms with Crippen molar-refractivity contribution in [2.24, 2.45) is 5.92 Å². The predicted octanol–water partition coefficient (Wildman–Crippen LogP) is 6.22. The summed E-state index contributed by atoms with van der Waals surface area (Å²) in [5.41, 5.74) is 6.62. The monoisotopic (exact) mass is 611 g/mol. The normalized spacial score (nSPS) is 17.1. The number of fused-ring (bicyclic) bond motifs is 4. The van der Waals surface area contributed by atoms with Gasteiger partial charge in [0.2, 0.25) is 0 Å². The van der Waals surface area contributed by atoms with Gasteiger partial charge in [0, 0.05) is 60.1 Å². The highest BCUT2D eigenvalue weighted by Gasteiger charge is 2.35. The highest BCUT2D eigenvalue weighted by atomic mass is 35.5. The van der Waals surface area contributed by atoms with Crippen LogP contribution in [0.3, 0.4) is 0 Å². The lowest BCUT2D eigenvalue weighted by Crippen LogP contribution is -2.47. The van der Waals surface area contributed by atoms with Gasteiger partial charge in [0.1, 0.15) is 0 Å². The summed E-state index contributed by atoms with van der Waals surface area (Å²) in [5.74, 6) is 0.459. The molecule has 0 saturated carbocycles. The Labute approximate surface area is 261 Å². The number of thiocarbonyl (C=S) groups is 1. The number of carbonyl (C=O) groups excluding carboxylic acids is 1. The molecule has 7 nitrogen and oxygen atoms in total. The Morgan fingerprint density at radius 1 is 0.953 bits per heavy atom. The van der Waals surface area contributed by atoms with Crippen molar-refractivity contribution in [1.82, 2.24) is 9.88 Å². The summed E-state index contributed by atoms with van der Waals surface area (Å²) < 4.78 is 1.94. The number of nitrogens with one attached hydrogen (secondary N) is 3. The minimum Gasteiger partial charge on any atom is -0.369 e. The van der Waals surface area contributed by atoms with E-state index in [9.17, 15) is 9.59 Å². The first-order valence-electron chi connectivity index (χ1n) is 14.6. The summed E-state index contributed by atoms with van der Waals surface area (Å²) in [7, 11) is 0. The summed E-state index contributed by atoms with van der Waals surface area (Å²) in [6.07, 6.45) is 1.77. The van der Waals surface area contributed by atoms with E-state index in [1.165, 1.54) is 5.56 Å². The Kier molecular flexibility index (Phi) is 8.49. The molecule has 1 aromatic heterocycles. The fourth-order valence-electron chi connectivity index (χ4n) is 6.14. The highest BCUT2D eigenvalue weighted by molar-refractivity contribution is 7.80. The van der Waals surface area contributed by atoms with Crippen molar-refractivity contribution in [3.8, 4) is 0 Å². The molecule has 4 aromatic rings. The quantitative estimate of drug-likeness (QED) is 0.216. The molecule has 0 unspecified atom stereocenters. The molecule has 1 saturated heterocycles. The third kappa shape index (κ3) is 6.76. The molecule has 6 rings (SSSR count). The number of benzene rings is 3. The van der Waals surface area contributed by atoms with Crippen LogP contribution in [0.5, 0.6) is 0 Å². The topological polar surface area (TPSA) is 78.4 Å². The number of carbonyl (C=O) groups is 1. The summed E-state index contributed by atoms with van der Waals surface area (Å²) in [4.78, 5) is 28.1. The number of piperidine rings is 1. The second-order valence-electron chi connectivity index (χ2n) is 11.4. The number of halogens is 1. The number of aryl methyl sites for hydroxylation is 1. The fraction of sp³-hybridized carbons (Fsp3) is 0.265. The van der Waals surface area contributed by atoms with Crippen LogP contribution in [0, 0.1) is 12.8 Å². The first kappa shape index (κ1) is 29.0. The minimum atomic E-state index is -0.148. The summed E-state index contributed by atoms with van der Waals surface area (Å²) in [6, 6.07) is 27.0. The SMILES string of the molecule is Cc1ccc(NC(=S)Nc2cc(C(=O)NCCc3ccc(Cl)cc3)ccc2N2C[C@H]3C[C@@H](C2)c2cccc(=O)n2C3)cc1. The van der Waals surface area contributed by atoms with E-state index in [1.54, 1.807) is 6.07 Å². The molecular formula is C34H34ClN5O2S. The van der Waals surface area contributed by atoms with Gasteiger partial charge in [-0.25, -0.2) is 0 Å². The molecule has 0 radical (unpaired) electrons. The second-order valence-corrected chi connectivity index (χ2v) is 12.3. The van der Waals surface area contributed by atoms with Crippen LogP contribution in [-0.4, -0.2) is 35.2 Å². The van der Waals surface area contributed by atoms with Gasteiger partial charge < -0.3 is 25.4 Å². The van der Waals surface area contributed by atoms with Gasteiger partial charge in [-0.3, -0.25) is 9.59 Å². The average Bonchev–Trinajstić information content (AvgIpc) is 3.00. The smallest absolute Gasteiger partial charge is 0.251 e. The van der Waals surface area contributed by atoms with Crippen molar-refractivity contribution in [3.05, 3.63) is 123 Å². The van der Waals surface area contributed by atoms with E-state index in [0.29, 0.717) is 41.1 Å². The molecule has 9 heteroatoms. The summed E-state index contributed by atoms with van der Waals surface area (Å²) >= 11 is 11.7. The van der Waals surface area contributed by atoms with Gasteiger partial charge in [-0.05, 0) is 92.0 Å². The van der Waals surface area contributed by atoms with Gasteiger partial charge in [0.05, 0.1) is 11.4 Å². The maximum Gasteiger partial charge on any atom is 0.251 e. The van der Waals surface area contributed by atoms with E-state index in [0.717, 1.165) is 47.8 Å². The van der Waals surface area contributed by atoms with Gasteiger partial charge >= 0.3 is 0 Å². The van der Waals surface area contributed by atoms with Gasteiger partial charge in [-0.15, -0.1) is 0 Å². The van der Waals surface area contributed by atoms with Crippen LogP contribution in [0.25, 0.3) is 0 Å². The zero-order chi connectivity index (χ0) is 29.9. The first-order valence-corrected chi connectivity index (χ1v) is 15.4. The third-order valence-corrected chi connectivity index (χ3v) is 8.71. The molecule has 1 fully saturated rings. The van der Waals surface area contributed by atoms with E-state index < -0.39 is 0 Å². The van der Waals surface area contributed by atoms with Crippen LogP contribution in [-0.2, 0) is 13.0 Å². The van der Waals surface area contributed by atoms with Crippen molar-refractivity contribution in [2.75, 3.05) is 35.2 Å². The van der Waals surface area contributed by atoms with Crippen LogP contribution >= 0.6 is 23.8 Å². The van der Waals surface area contributed by atoms with Crippen LogP contribution in [0.4, 0.5) is 17.1 Å². The van der Waals surface area contributed by atoms with Crippen molar-refractivity contribution < 1.29 is 4.79 Å². The number of rotatable bonds is 7. The molecule has 1 amide bonds. The fourth-order valence-corrected chi connectivity index (χ4v) is 6.50. The van der Waals surface area contributed by atoms with Crippen molar-refractivity contribution in [1.29, 1.82) is 0 Å². The number of anilines is 3. The van der Waals surface area contributed by atoms with Crippen molar-refractivity contribution >= 4 is 51.9 Å². The van der Waals surface area contributed by atoms with E-state index in [2.05, 4.69) is 26.9 Å². The van der Waals surface area contributed by atoms with Crippen LogP contribution < -0.4 is 26.4 Å². The van der Waals surface area contributed by atoms with Gasteiger partial charge in [0.15, 0.2) is 5.11 Å². The minimum absolute atomic E-state index is 0.0713. The largest absolute Gasteiger partial charge is 0.369 e. The highest BCUT2D eigenvalue weighted by Crippen LogP contribution is 2.39. The molecule has 0 spiro atoms. The Hall–Kier alpha value is -4.14. The number of hydrogen-bond donors (Lipinski definition) is 3. The summed E-state index contributed by atoms with van der Waals surface area (Å²) in [6.45, 7) is 4.86. The van der Waals surface area contributed by atoms with Gasteiger partial charge in [-0.2, -0.15) is 0 Å². The molecule has 3 heterocycles. The predicted molar refractivity (Wildman–Crippen MR) is 179 cm³/mol. The Bertz CT molecular complexity index is 1700. The zero-order valence-corrected chi connectivity index (χ0v) is 25.5. The molecule has 220 valence electrons. The Balaban J connectivity index is 1.23. The van der Waals surface area contributed by atoms with Crippen molar-refractivity contribution in [3.63, 3.8) is 0 Å². The van der Waals surface area contributed by atoms with E-state index in [1.807, 2.05) is 84.3 Å². The molecule has 2 aliphatic rings. The van der Waals surface area contributed by atoms with Crippen LogP contribution in [0.1, 0.15) is 39.5 Å². The van der Waals surface area contributed by atoms with Crippen LogP contribution in [0.15, 0.2) is 89.7 Å². The van der Waals surface area contributed by atoms with Gasteiger partial charge in [-0.1, -0.05) is 47.5 Å². The number of nitrogens with zero attached hydrogens (tertiary/aromatic N) is 2. The molecule has 43 heavy (non-hydrogen) atoms. The molecule has 3 aromatic carbocycles. The second kappa shape index (κ2) is 12.6. The number of amides is 1. The van der Waals surface area contributed by atoms with Crippen molar-refractivity contribution in [2.45, 2.75) is 32.2 Å². The van der Waals surface area contributed by atoms with E-state index >= 15 is 0 Å². The van der Waals surface area contributed by atoms with E-state index in [4.69, 9.17) is 23.8 Å². The summed E-state index contributed by atoms with van der Waals surface area (Å²) in [5, 5.41) is 10.8. The molecule has 2 bridgehead atoms. The maximum atomic E-state index is 13.2. The third-order valence-electron chi connectivity index (χ3n) is 8.25. The lowest BCUT2D eigenvalue weighted by atomic mass is 9.83. The average molecular weight is 612 g/mol. The molecular weight excluding hydrogens is 578 g/mol. The molecule has 2 atom stereocenters. The standard InChI is InChI=1S/C34H34ClN5O2S/c1-22-5-12-28(13-6-22)37-34(43)38-29-18-25(33(42)36-16-15-23-7-10-27(35)11-8-23)9-14-31(29)39-19-24-17-26(21-39)30-3-2-4-32(41)40(30)20-24/h2-14,18,24,26H,15-17,19-21H2,1H3,(H,36,42)(H2,37,38,43)/t24-,26+/m1/s1. The lowest BCUT2D eigenvalue weighted by molar-refractivity contribution is 0.0954. The first-order chi connectivity index (χ1) is 20.8. The number of aromatic nitrogens is 1. The van der Waals surface area contributed by atoms with Gasteiger partial charge in [0.25, 0.3) is 11.5 Å². The van der Waals surface area contributed by atoms with E-state index in [-0.39, 0.29) is 17.4 Å². The molecule has 0 aliphatic carbocycles. The molecule has 2 aliphatic heterocycles. The number of pyridine rings is 1. The molecule has 3 N–H and O–H groups in total. The zero-order valence-electron chi connectivity index (χ0n) is 24.0.